The molecule has 1 aliphatic rings. The molecule has 0 saturated carbocycles. The second-order valence-corrected chi connectivity index (χ2v) is 8.40. The van der Waals surface area contributed by atoms with Crippen molar-refractivity contribution >= 4 is 29.3 Å². The van der Waals surface area contributed by atoms with E-state index in [1.807, 2.05) is 0 Å². The van der Waals surface area contributed by atoms with Crippen molar-refractivity contribution in [1.29, 1.82) is 0 Å². The Balaban J connectivity index is 1.34. The number of benzene rings is 1. The summed E-state index contributed by atoms with van der Waals surface area (Å²) in [6, 6.07) is 10.0. The molecule has 3 rings (SSSR count). The molecule has 1 aliphatic heterocycles. The maximum Gasteiger partial charge on any atom is 0.326 e. The lowest BCUT2D eigenvalue weighted by Gasteiger charge is -2.17. The molecule has 1 unspecified atom stereocenters. The van der Waals surface area contributed by atoms with Crippen molar-refractivity contribution in [3.63, 3.8) is 0 Å². The SMILES string of the molecule is O=C(NC(CCCCCCCc1ccc2c(n1)NCCC2)C(=O)O)c1ccccc1Cl. The molecule has 2 aromatic rings. The molecule has 31 heavy (non-hydrogen) atoms. The first kappa shape index (κ1) is 23.1. The highest BCUT2D eigenvalue weighted by Crippen LogP contribution is 2.21. The van der Waals surface area contributed by atoms with Gasteiger partial charge in [-0.05, 0) is 55.9 Å². The minimum absolute atomic E-state index is 0.293. The average molecular weight is 444 g/mol. The van der Waals surface area contributed by atoms with Gasteiger partial charge in [-0.2, -0.15) is 0 Å². The smallest absolute Gasteiger partial charge is 0.326 e. The van der Waals surface area contributed by atoms with E-state index in [1.54, 1.807) is 24.3 Å². The van der Waals surface area contributed by atoms with Gasteiger partial charge in [0.1, 0.15) is 11.9 Å². The van der Waals surface area contributed by atoms with Crippen molar-refractivity contribution in [3.05, 3.63) is 58.2 Å². The van der Waals surface area contributed by atoms with Crippen molar-refractivity contribution in [2.45, 2.75) is 63.8 Å². The highest BCUT2D eigenvalue weighted by molar-refractivity contribution is 6.33. The van der Waals surface area contributed by atoms with Gasteiger partial charge in [0.2, 0.25) is 0 Å². The van der Waals surface area contributed by atoms with Crippen LogP contribution >= 0.6 is 11.6 Å². The predicted octanol–water partition coefficient (Wildman–Crippen LogP) is 4.86. The van der Waals surface area contributed by atoms with Crippen molar-refractivity contribution < 1.29 is 14.7 Å². The quantitative estimate of drug-likeness (QED) is 0.431. The van der Waals surface area contributed by atoms with Crippen LogP contribution in [0.5, 0.6) is 0 Å². The van der Waals surface area contributed by atoms with Gasteiger partial charge in [-0.15, -0.1) is 0 Å². The standard InChI is InChI=1S/C24H30ClN3O3/c25-20-12-7-6-11-19(20)23(29)28-21(24(30)31)13-5-3-1-2-4-10-18-15-14-17-9-8-16-26-22(17)27-18/h6-7,11-12,14-15,21H,1-5,8-10,13,16H2,(H,26,27)(H,28,29)(H,30,31). The fourth-order valence-corrected chi connectivity index (χ4v) is 4.05. The summed E-state index contributed by atoms with van der Waals surface area (Å²) in [6.45, 7) is 1.000. The molecule has 0 aliphatic carbocycles. The molecule has 6 nitrogen and oxygen atoms in total. The minimum atomic E-state index is -1.02. The molecule has 7 heteroatoms. The predicted molar refractivity (Wildman–Crippen MR) is 123 cm³/mol. The number of carbonyl (C=O) groups is 2. The summed E-state index contributed by atoms with van der Waals surface area (Å²) < 4.78 is 0. The van der Waals surface area contributed by atoms with Crippen molar-refractivity contribution in [1.82, 2.24) is 10.3 Å². The molecule has 1 amide bonds. The Labute approximate surface area is 188 Å². The van der Waals surface area contributed by atoms with Gasteiger partial charge >= 0.3 is 5.97 Å². The number of hydrogen-bond donors (Lipinski definition) is 3. The zero-order valence-electron chi connectivity index (χ0n) is 17.7. The van der Waals surface area contributed by atoms with Gasteiger partial charge < -0.3 is 15.7 Å². The van der Waals surface area contributed by atoms with Gasteiger partial charge in [0.05, 0.1) is 10.6 Å². The maximum atomic E-state index is 12.3. The minimum Gasteiger partial charge on any atom is -0.480 e. The molecular formula is C24H30ClN3O3. The van der Waals surface area contributed by atoms with Gasteiger partial charge in [0.15, 0.2) is 0 Å². The van der Waals surface area contributed by atoms with Crippen LogP contribution in [0, 0.1) is 0 Å². The Morgan fingerprint density at radius 2 is 1.87 bits per heavy atom. The van der Waals surface area contributed by atoms with Gasteiger partial charge in [-0.1, -0.05) is 55.5 Å². The van der Waals surface area contributed by atoms with Gasteiger partial charge in [-0.25, -0.2) is 9.78 Å². The molecule has 166 valence electrons. The first-order valence-electron chi connectivity index (χ1n) is 11.1. The van der Waals surface area contributed by atoms with E-state index in [0.29, 0.717) is 17.0 Å². The average Bonchev–Trinajstić information content (AvgIpc) is 2.77. The van der Waals surface area contributed by atoms with E-state index in [-0.39, 0.29) is 0 Å². The van der Waals surface area contributed by atoms with Crippen LogP contribution in [0.1, 0.15) is 66.6 Å². The molecular weight excluding hydrogens is 414 g/mol. The van der Waals surface area contributed by atoms with Crippen molar-refractivity contribution in [3.8, 4) is 0 Å². The van der Waals surface area contributed by atoms with E-state index in [1.165, 1.54) is 12.0 Å². The van der Waals surface area contributed by atoms with Crippen LogP contribution in [-0.2, 0) is 17.6 Å². The summed E-state index contributed by atoms with van der Waals surface area (Å²) >= 11 is 6.02. The number of carboxylic acid groups (broad SMARTS) is 1. The fraction of sp³-hybridized carbons (Fsp3) is 0.458. The second-order valence-electron chi connectivity index (χ2n) is 7.99. The summed E-state index contributed by atoms with van der Waals surface area (Å²) in [5.74, 6) is -0.431. The van der Waals surface area contributed by atoms with E-state index in [9.17, 15) is 14.7 Å². The van der Waals surface area contributed by atoms with Crippen molar-refractivity contribution in [2.24, 2.45) is 0 Å². The van der Waals surface area contributed by atoms with Crippen LogP contribution < -0.4 is 10.6 Å². The number of amides is 1. The Morgan fingerprint density at radius 3 is 2.68 bits per heavy atom. The third-order valence-electron chi connectivity index (χ3n) is 5.60. The molecule has 0 saturated heterocycles. The lowest BCUT2D eigenvalue weighted by molar-refractivity contribution is -0.139. The number of aryl methyl sites for hydroxylation is 2. The molecule has 0 radical (unpaired) electrons. The second kappa shape index (κ2) is 11.7. The first-order valence-corrected chi connectivity index (χ1v) is 11.4. The lowest BCUT2D eigenvalue weighted by atomic mass is 10.0. The van der Waals surface area contributed by atoms with E-state index >= 15 is 0 Å². The number of pyridine rings is 1. The molecule has 0 bridgehead atoms. The fourth-order valence-electron chi connectivity index (χ4n) is 3.83. The lowest BCUT2D eigenvalue weighted by Crippen LogP contribution is -2.40. The van der Waals surface area contributed by atoms with E-state index in [4.69, 9.17) is 16.6 Å². The highest BCUT2D eigenvalue weighted by atomic mass is 35.5. The number of hydrogen-bond acceptors (Lipinski definition) is 4. The monoisotopic (exact) mass is 443 g/mol. The maximum absolute atomic E-state index is 12.3. The third kappa shape index (κ3) is 6.96. The third-order valence-corrected chi connectivity index (χ3v) is 5.93. The molecule has 2 heterocycles. The van der Waals surface area contributed by atoms with Crippen LogP contribution in [-0.4, -0.2) is 34.6 Å². The number of rotatable bonds is 11. The normalized spacial score (nSPS) is 13.7. The summed E-state index contributed by atoms with van der Waals surface area (Å²) in [5.41, 5.74) is 2.73. The van der Waals surface area contributed by atoms with Gasteiger partial charge in [0.25, 0.3) is 5.91 Å². The number of unbranched alkanes of at least 4 members (excludes halogenated alkanes) is 4. The number of halogens is 1. The Hall–Kier alpha value is -2.60. The molecule has 3 N–H and O–H groups in total. The number of aliphatic carboxylic acids is 1. The highest BCUT2D eigenvalue weighted by Gasteiger charge is 2.21. The Kier molecular flexibility index (Phi) is 8.71. The summed E-state index contributed by atoms with van der Waals surface area (Å²) in [6.07, 6.45) is 8.50. The number of aromatic nitrogens is 1. The number of nitrogens with one attached hydrogen (secondary N) is 2. The van der Waals surface area contributed by atoms with E-state index in [0.717, 1.165) is 63.0 Å². The van der Waals surface area contributed by atoms with Crippen LogP contribution in [0.15, 0.2) is 36.4 Å². The largest absolute Gasteiger partial charge is 0.480 e. The summed E-state index contributed by atoms with van der Waals surface area (Å²) in [4.78, 5) is 28.5. The number of carbonyl (C=O) groups excluding carboxylic acids is 1. The topological polar surface area (TPSA) is 91.3 Å². The van der Waals surface area contributed by atoms with Crippen LogP contribution in [0.2, 0.25) is 5.02 Å². The first-order chi connectivity index (χ1) is 15.0. The number of carboxylic acids is 1. The van der Waals surface area contributed by atoms with Crippen molar-refractivity contribution in [2.75, 3.05) is 11.9 Å². The van der Waals surface area contributed by atoms with Crippen LogP contribution in [0.25, 0.3) is 0 Å². The number of anilines is 1. The van der Waals surface area contributed by atoms with E-state index < -0.39 is 17.9 Å². The molecule has 1 aromatic heterocycles. The molecule has 1 aromatic carbocycles. The number of fused-ring (bicyclic) bond motifs is 1. The molecule has 1 atom stereocenters. The Morgan fingerprint density at radius 1 is 1.10 bits per heavy atom. The Bertz CT molecular complexity index is 903. The summed E-state index contributed by atoms with van der Waals surface area (Å²) in [5, 5.41) is 15.7. The molecule has 0 fully saturated rings. The molecule has 0 spiro atoms. The summed E-state index contributed by atoms with van der Waals surface area (Å²) in [7, 11) is 0. The van der Waals surface area contributed by atoms with Gasteiger partial charge in [0, 0.05) is 12.2 Å². The number of nitrogens with zero attached hydrogens (tertiary/aromatic N) is 1. The zero-order valence-corrected chi connectivity index (χ0v) is 18.5. The zero-order chi connectivity index (χ0) is 22.1. The van der Waals surface area contributed by atoms with E-state index in [2.05, 4.69) is 22.8 Å². The van der Waals surface area contributed by atoms with Crippen LogP contribution in [0.3, 0.4) is 0 Å². The van der Waals surface area contributed by atoms with Gasteiger partial charge in [-0.3, -0.25) is 4.79 Å². The van der Waals surface area contributed by atoms with Crippen LogP contribution in [0.4, 0.5) is 5.82 Å².